The second kappa shape index (κ2) is 40.6. The molecule has 0 bridgehead atoms. The quantitative estimate of drug-likeness (QED) is 0.0213. The summed E-state index contributed by atoms with van der Waals surface area (Å²) in [6.45, 7) is 4.86. The molecule has 0 aliphatic carbocycles. The molecule has 0 amide bonds. The summed E-state index contributed by atoms with van der Waals surface area (Å²) in [4.78, 5) is 25.3. The summed E-state index contributed by atoms with van der Waals surface area (Å²) in [5.74, 6) is -1.55. The smallest absolute Gasteiger partial charge is 0.744 e. The van der Waals surface area contributed by atoms with Crippen LogP contribution in [0.1, 0.15) is 240 Å². The zero-order valence-corrected chi connectivity index (χ0v) is 40.8. The summed E-state index contributed by atoms with van der Waals surface area (Å²) in [7, 11) is -4.82. The average Bonchev–Trinajstić information content (AvgIpc) is 3.18. The molecule has 0 fully saturated rings. The molecule has 1 aromatic rings. The molecule has 0 aliphatic heterocycles. The fourth-order valence-corrected chi connectivity index (χ4v) is 7.41. The van der Waals surface area contributed by atoms with Crippen molar-refractivity contribution in [3.05, 3.63) is 53.6 Å². The van der Waals surface area contributed by atoms with Gasteiger partial charge in [0.05, 0.1) is 29.2 Å². The summed E-state index contributed by atoms with van der Waals surface area (Å²) < 4.78 is 45.8. The molecule has 0 atom stereocenters. The van der Waals surface area contributed by atoms with Crippen molar-refractivity contribution in [3.63, 3.8) is 0 Å². The van der Waals surface area contributed by atoms with E-state index in [0.29, 0.717) is 12.8 Å². The summed E-state index contributed by atoms with van der Waals surface area (Å²) in [6.07, 6.45) is 47.8. The Labute approximate surface area is 392 Å². The van der Waals surface area contributed by atoms with E-state index in [9.17, 15) is 22.6 Å². The van der Waals surface area contributed by atoms with Crippen molar-refractivity contribution >= 4 is 22.1 Å². The van der Waals surface area contributed by atoms with Gasteiger partial charge in [-0.05, 0) is 82.4 Å². The van der Waals surface area contributed by atoms with Crippen molar-refractivity contribution in [1.82, 2.24) is 0 Å². The van der Waals surface area contributed by atoms with Gasteiger partial charge >= 0.3 is 63.3 Å². The van der Waals surface area contributed by atoms with Crippen molar-refractivity contribution in [2.24, 2.45) is 0 Å². The fraction of sp³-hybridized carbons (Fsp3) is 0.750. The molecule has 1 aromatic carbocycles. The molecule has 1 rings (SSSR count). The van der Waals surface area contributed by atoms with Crippen LogP contribution in [0.5, 0.6) is 0 Å². The van der Waals surface area contributed by atoms with Crippen molar-refractivity contribution < 1.29 is 83.4 Å². The maximum absolute atomic E-state index is 12.9. The summed E-state index contributed by atoms with van der Waals surface area (Å²) in [5, 5.41) is 0. The molecule has 0 aromatic heterocycles. The predicted molar refractivity (Wildman–Crippen MR) is 232 cm³/mol. The zero-order valence-electron chi connectivity index (χ0n) is 36.8. The number of hydrogen-bond donors (Lipinski definition) is 0. The Hall–Kier alpha value is -0.814. The maximum Gasteiger partial charge on any atom is 1.00 e. The Morgan fingerprint density at radius 2 is 0.772 bits per heavy atom. The molecule has 0 unspecified atom stereocenters. The molecule has 0 N–H and O–H groups in total. The van der Waals surface area contributed by atoms with E-state index >= 15 is 0 Å². The first kappa shape index (κ1) is 56.2. The molecular weight excluding hydrogens is 760 g/mol. The Bertz CT molecular complexity index is 1280. The Kier molecular flexibility index (Phi) is 40.0. The molecule has 0 heterocycles. The monoisotopic (exact) mass is 841 g/mol. The number of allylic oxidation sites excluding steroid dienone is 4. The summed E-state index contributed by atoms with van der Waals surface area (Å²) >= 11 is 0. The van der Waals surface area contributed by atoms with E-state index in [1.807, 2.05) is 0 Å². The van der Waals surface area contributed by atoms with Crippen LogP contribution in [0.25, 0.3) is 0 Å². The van der Waals surface area contributed by atoms with Crippen LogP contribution in [0, 0.1) is 0 Å². The van der Waals surface area contributed by atoms with Gasteiger partial charge in [0.1, 0.15) is 10.1 Å². The van der Waals surface area contributed by atoms with Gasteiger partial charge in [0.2, 0.25) is 0 Å². The van der Waals surface area contributed by atoms with Crippen molar-refractivity contribution in [3.8, 4) is 0 Å². The number of esters is 2. The topological polar surface area (TPSA) is 110 Å². The molecule has 9 heteroatoms. The first-order chi connectivity index (χ1) is 27.3. The number of unbranched alkanes of at least 4 members (excludes halogenated alkanes) is 28. The minimum absolute atomic E-state index is 0. The first-order valence-electron chi connectivity index (χ1n) is 23.0. The van der Waals surface area contributed by atoms with E-state index in [-0.39, 0.29) is 75.7 Å². The molecule has 0 saturated carbocycles. The molecule has 0 radical (unpaired) electrons. The van der Waals surface area contributed by atoms with Gasteiger partial charge in [-0.15, -0.1) is 0 Å². The molecule has 0 saturated heterocycles. The third-order valence-electron chi connectivity index (χ3n) is 10.5. The van der Waals surface area contributed by atoms with Crippen LogP contribution in [-0.2, 0) is 19.6 Å². The largest absolute Gasteiger partial charge is 1.00 e. The van der Waals surface area contributed by atoms with Crippen LogP contribution in [0.15, 0.2) is 47.4 Å². The van der Waals surface area contributed by atoms with E-state index < -0.39 is 27.0 Å². The average molecular weight is 841 g/mol. The van der Waals surface area contributed by atoms with Crippen LogP contribution < -0.4 is 51.4 Å². The number of carbonyl (C=O) groups excluding carboxylic acids is 2. The van der Waals surface area contributed by atoms with Crippen molar-refractivity contribution in [1.29, 1.82) is 0 Å². The van der Waals surface area contributed by atoms with Crippen LogP contribution in [0.2, 0.25) is 0 Å². The fourth-order valence-electron chi connectivity index (χ4n) is 6.92. The van der Waals surface area contributed by atoms with Crippen molar-refractivity contribution in [2.45, 2.75) is 224 Å². The maximum atomic E-state index is 12.9. The van der Waals surface area contributed by atoms with Gasteiger partial charge in [-0.3, -0.25) is 0 Å². The van der Waals surface area contributed by atoms with Crippen LogP contribution in [0.3, 0.4) is 0 Å². The molecular formula is C48H81KO7S. The van der Waals surface area contributed by atoms with E-state index in [4.69, 9.17) is 9.47 Å². The van der Waals surface area contributed by atoms with Crippen LogP contribution >= 0.6 is 0 Å². The Morgan fingerprint density at radius 3 is 1.11 bits per heavy atom. The van der Waals surface area contributed by atoms with Gasteiger partial charge in [0.15, 0.2) is 0 Å². The second-order valence-electron chi connectivity index (χ2n) is 15.7. The third-order valence-corrected chi connectivity index (χ3v) is 11.3. The molecule has 7 nitrogen and oxygen atoms in total. The Morgan fingerprint density at radius 1 is 0.474 bits per heavy atom. The van der Waals surface area contributed by atoms with Gasteiger partial charge in [-0.25, -0.2) is 18.0 Å². The zero-order chi connectivity index (χ0) is 40.8. The number of hydrogen-bond acceptors (Lipinski definition) is 7. The van der Waals surface area contributed by atoms with Gasteiger partial charge in [0.25, 0.3) is 0 Å². The van der Waals surface area contributed by atoms with Gasteiger partial charge in [-0.1, -0.05) is 179 Å². The van der Waals surface area contributed by atoms with Gasteiger partial charge in [-0.2, -0.15) is 0 Å². The minimum Gasteiger partial charge on any atom is -0.744 e. The predicted octanol–water partition coefficient (Wildman–Crippen LogP) is 11.5. The number of ether oxygens (including phenoxy) is 2. The van der Waals surface area contributed by atoms with E-state index in [1.54, 1.807) is 0 Å². The van der Waals surface area contributed by atoms with Crippen LogP contribution in [-0.4, -0.2) is 38.1 Å². The third kappa shape index (κ3) is 33.6. The molecule has 57 heavy (non-hydrogen) atoms. The van der Waals surface area contributed by atoms with E-state index in [2.05, 4.69) is 38.2 Å². The Balaban J connectivity index is 0.0000314. The normalized spacial score (nSPS) is 11.7. The SMILES string of the molecule is CCCCCC/C=C/CCCCCCCCCCCCOC(=O)c1ccc(S(=O)(=O)[O-])cc1C(=O)OCCCCCCCCCCCC/C=C/CCCCCC.[K+]. The van der Waals surface area contributed by atoms with Crippen LogP contribution in [0.4, 0.5) is 0 Å². The summed E-state index contributed by atoms with van der Waals surface area (Å²) in [6, 6.07) is 3.14. The standard InChI is InChI=1S/C48H82O7S.K/c1-3-5-7-9-11-13-15-17-19-21-23-25-27-29-31-33-35-37-41-54-47(49)45-40-39-44(56(51,52)53)43-46(45)48(50)55-42-38-36-34-32-30-28-26-24-22-20-18-16-14-12-10-8-6-4-2;/h13-16,39-40,43H,3-12,17-38,41-42H2,1-2H3,(H,51,52,53);/q;+1/p-1/b15-13+,16-14+;. The van der Waals surface area contributed by atoms with Crippen molar-refractivity contribution in [2.75, 3.05) is 13.2 Å². The first-order valence-corrected chi connectivity index (χ1v) is 24.5. The molecule has 0 aliphatic rings. The van der Waals surface area contributed by atoms with E-state index in [1.165, 1.54) is 160 Å². The van der Waals surface area contributed by atoms with Gasteiger partial charge < -0.3 is 14.0 Å². The number of carbonyl (C=O) groups is 2. The van der Waals surface area contributed by atoms with E-state index in [0.717, 1.165) is 50.7 Å². The number of rotatable bonds is 39. The number of benzene rings is 1. The van der Waals surface area contributed by atoms with Gasteiger partial charge in [0, 0.05) is 0 Å². The second-order valence-corrected chi connectivity index (χ2v) is 17.1. The summed E-state index contributed by atoms with van der Waals surface area (Å²) in [5.41, 5.74) is -0.338. The molecule has 0 spiro atoms. The minimum atomic E-state index is -4.82. The molecule has 322 valence electrons.